The number of fused-ring (bicyclic) bond motifs is 3. The average molecular weight is 475 g/mol. The van der Waals surface area contributed by atoms with Gasteiger partial charge in [0.05, 0.1) is 28.9 Å². The number of carbonyl (C=O) groups is 1. The van der Waals surface area contributed by atoms with Crippen LogP contribution in [-0.2, 0) is 11.3 Å². The summed E-state index contributed by atoms with van der Waals surface area (Å²) in [5.74, 6) is 1.07. The number of para-hydroxylation sites is 1. The van der Waals surface area contributed by atoms with Crippen molar-refractivity contribution in [1.82, 2.24) is 24.2 Å². The molecule has 34 heavy (non-hydrogen) atoms. The van der Waals surface area contributed by atoms with Crippen molar-refractivity contribution >= 4 is 40.1 Å². The minimum atomic E-state index is -0.0786. The van der Waals surface area contributed by atoms with Gasteiger partial charge in [0.15, 0.2) is 5.16 Å². The second-order valence-corrected chi connectivity index (χ2v) is 9.69. The van der Waals surface area contributed by atoms with Crippen molar-refractivity contribution in [3.8, 4) is 0 Å². The van der Waals surface area contributed by atoms with Crippen molar-refractivity contribution in [3.63, 3.8) is 0 Å². The van der Waals surface area contributed by atoms with E-state index in [4.69, 9.17) is 0 Å². The number of benzene rings is 2. The number of amides is 1. The normalized spacial score (nSPS) is 13.9. The van der Waals surface area contributed by atoms with Crippen LogP contribution in [0.15, 0.2) is 69.6 Å². The average Bonchev–Trinajstić information content (AvgIpc) is 3.51. The van der Waals surface area contributed by atoms with Crippen LogP contribution in [-0.4, -0.2) is 48.1 Å². The van der Waals surface area contributed by atoms with Crippen LogP contribution in [0.5, 0.6) is 0 Å². The number of aromatic nitrogens is 4. The molecule has 0 aliphatic carbocycles. The van der Waals surface area contributed by atoms with Crippen molar-refractivity contribution in [2.24, 2.45) is 11.0 Å². The molecule has 1 aliphatic rings. The SMILES string of the molecule is CC(C)CCn1c(=O)c2ccccc2n2c(SCC(=O)N3CCC(c4ccccc4)=N3)nnc12. The molecule has 3 heterocycles. The lowest BCUT2D eigenvalue weighted by Gasteiger charge is -2.13. The number of thioether (sulfide) groups is 1. The highest BCUT2D eigenvalue weighted by Crippen LogP contribution is 2.23. The quantitative estimate of drug-likeness (QED) is 0.380. The largest absolute Gasteiger partial charge is 0.276 e. The predicted molar refractivity (Wildman–Crippen MR) is 134 cm³/mol. The molecular formula is C25H26N6O2S. The Labute approximate surface area is 201 Å². The van der Waals surface area contributed by atoms with E-state index < -0.39 is 0 Å². The summed E-state index contributed by atoms with van der Waals surface area (Å²) in [4.78, 5) is 26.1. The van der Waals surface area contributed by atoms with E-state index in [-0.39, 0.29) is 17.2 Å². The van der Waals surface area contributed by atoms with Crippen LogP contribution >= 0.6 is 11.8 Å². The topological polar surface area (TPSA) is 84.9 Å². The summed E-state index contributed by atoms with van der Waals surface area (Å²) in [6, 6.07) is 17.4. The van der Waals surface area contributed by atoms with Gasteiger partial charge in [0, 0.05) is 13.0 Å². The van der Waals surface area contributed by atoms with Gasteiger partial charge in [-0.3, -0.25) is 18.6 Å². The maximum absolute atomic E-state index is 13.2. The molecule has 0 atom stereocenters. The first-order valence-electron chi connectivity index (χ1n) is 11.5. The summed E-state index contributed by atoms with van der Waals surface area (Å²) in [5.41, 5.74) is 2.64. The lowest BCUT2D eigenvalue weighted by molar-refractivity contribution is -0.127. The molecule has 1 aliphatic heterocycles. The maximum atomic E-state index is 13.2. The lowest BCUT2D eigenvalue weighted by Crippen LogP contribution is -2.25. The number of nitrogens with zero attached hydrogens (tertiary/aromatic N) is 6. The highest BCUT2D eigenvalue weighted by Gasteiger charge is 2.23. The Balaban J connectivity index is 1.42. The van der Waals surface area contributed by atoms with Crippen molar-refractivity contribution in [1.29, 1.82) is 0 Å². The minimum Gasteiger partial charge on any atom is -0.276 e. The standard InChI is InChI=1S/C25H26N6O2S/c1-17(2)12-14-29-23(33)19-10-6-7-11-21(19)31-24(29)26-27-25(31)34-16-22(32)30-15-13-20(28-30)18-8-4-3-5-9-18/h3-11,17H,12-16H2,1-2H3. The highest BCUT2D eigenvalue weighted by molar-refractivity contribution is 7.99. The van der Waals surface area contributed by atoms with Crippen LogP contribution in [0.2, 0.25) is 0 Å². The van der Waals surface area contributed by atoms with E-state index in [1.54, 1.807) is 4.57 Å². The van der Waals surface area contributed by atoms with E-state index in [9.17, 15) is 9.59 Å². The van der Waals surface area contributed by atoms with Gasteiger partial charge >= 0.3 is 0 Å². The van der Waals surface area contributed by atoms with Gasteiger partial charge in [-0.25, -0.2) is 5.01 Å². The molecule has 0 unspecified atom stereocenters. The molecule has 8 nitrogen and oxygen atoms in total. The zero-order chi connectivity index (χ0) is 23.7. The summed E-state index contributed by atoms with van der Waals surface area (Å²) in [7, 11) is 0. The van der Waals surface area contributed by atoms with E-state index in [0.29, 0.717) is 35.3 Å². The van der Waals surface area contributed by atoms with E-state index in [1.807, 2.05) is 59.0 Å². The Kier molecular flexibility index (Phi) is 6.19. The fourth-order valence-corrected chi connectivity index (χ4v) is 4.90. The molecule has 1 amide bonds. The molecule has 0 fully saturated rings. The third-order valence-corrected chi connectivity index (χ3v) is 6.84. The molecule has 2 aromatic carbocycles. The molecule has 4 aromatic rings. The van der Waals surface area contributed by atoms with Crippen LogP contribution in [0.4, 0.5) is 0 Å². The van der Waals surface area contributed by atoms with E-state index in [2.05, 4.69) is 29.1 Å². The first kappa shape index (κ1) is 22.3. The van der Waals surface area contributed by atoms with E-state index in [1.165, 1.54) is 16.8 Å². The van der Waals surface area contributed by atoms with Crippen LogP contribution in [0.1, 0.15) is 32.3 Å². The number of carbonyl (C=O) groups excluding carboxylic acids is 1. The third kappa shape index (κ3) is 4.23. The molecule has 0 N–H and O–H groups in total. The monoisotopic (exact) mass is 474 g/mol. The van der Waals surface area contributed by atoms with Crippen LogP contribution in [0.3, 0.4) is 0 Å². The third-order valence-electron chi connectivity index (χ3n) is 5.93. The minimum absolute atomic E-state index is 0.0661. The fraction of sp³-hybridized carbons (Fsp3) is 0.320. The van der Waals surface area contributed by atoms with Gasteiger partial charge in [0.25, 0.3) is 11.5 Å². The van der Waals surface area contributed by atoms with Crippen LogP contribution in [0, 0.1) is 5.92 Å². The predicted octanol–water partition coefficient (Wildman–Crippen LogP) is 3.82. The van der Waals surface area contributed by atoms with Gasteiger partial charge in [-0.1, -0.05) is 68.1 Å². The Bertz CT molecular complexity index is 1440. The van der Waals surface area contributed by atoms with Gasteiger partial charge in [-0.05, 0) is 30.0 Å². The van der Waals surface area contributed by atoms with Gasteiger partial charge in [0.1, 0.15) is 0 Å². The first-order valence-corrected chi connectivity index (χ1v) is 12.4. The molecule has 5 rings (SSSR count). The smallest absolute Gasteiger partial charge is 0.262 e. The molecule has 0 spiro atoms. The molecule has 0 bridgehead atoms. The summed E-state index contributed by atoms with van der Waals surface area (Å²) < 4.78 is 3.58. The van der Waals surface area contributed by atoms with Crippen molar-refractivity contribution < 1.29 is 4.79 Å². The Morgan fingerprint density at radius 3 is 2.62 bits per heavy atom. The Morgan fingerprint density at radius 2 is 1.82 bits per heavy atom. The van der Waals surface area contributed by atoms with Gasteiger partial charge in [-0.15, -0.1) is 10.2 Å². The first-order chi connectivity index (χ1) is 16.5. The molecular weight excluding hydrogens is 448 g/mol. The second kappa shape index (κ2) is 9.42. The van der Waals surface area contributed by atoms with E-state index >= 15 is 0 Å². The number of rotatable bonds is 7. The van der Waals surface area contributed by atoms with Gasteiger partial charge < -0.3 is 0 Å². The van der Waals surface area contributed by atoms with E-state index in [0.717, 1.165) is 29.6 Å². The Hall–Kier alpha value is -3.46. The molecule has 2 aromatic heterocycles. The molecule has 174 valence electrons. The molecule has 9 heteroatoms. The number of aryl methyl sites for hydroxylation is 1. The summed E-state index contributed by atoms with van der Waals surface area (Å²) >= 11 is 1.32. The lowest BCUT2D eigenvalue weighted by atomic mass is 10.1. The number of hydrazone groups is 1. The van der Waals surface area contributed by atoms with Crippen molar-refractivity contribution in [3.05, 3.63) is 70.5 Å². The molecule has 0 radical (unpaired) electrons. The Morgan fingerprint density at radius 1 is 1.06 bits per heavy atom. The summed E-state index contributed by atoms with van der Waals surface area (Å²) in [6.07, 6.45) is 1.60. The zero-order valence-electron chi connectivity index (χ0n) is 19.2. The van der Waals surface area contributed by atoms with Crippen molar-refractivity contribution in [2.45, 2.75) is 38.4 Å². The van der Waals surface area contributed by atoms with Gasteiger partial charge in [-0.2, -0.15) is 5.10 Å². The van der Waals surface area contributed by atoms with Crippen LogP contribution in [0.25, 0.3) is 16.7 Å². The molecule has 0 saturated heterocycles. The molecule has 0 saturated carbocycles. The maximum Gasteiger partial charge on any atom is 0.262 e. The van der Waals surface area contributed by atoms with Crippen LogP contribution < -0.4 is 5.56 Å². The zero-order valence-corrected chi connectivity index (χ0v) is 20.0. The van der Waals surface area contributed by atoms with Gasteiger partial charge in [0.2, 0.25) is 5.78 Å². The summed E-state index contributed by atoms with van der Waals surface area (Å²) in [6.45, 7) is 5.40. The highest BCUT2D eigenvalue weighted by atomic mass is 32.2. The van der Waals surface area contributed by atoms with Crippen molar-refractivity contribution in [2.75, 3.05) is 12.3 Å². The summed E-state index contributed by atoms with van der Waals surface area (Å²) in [5, 5.41) is 16.0. The number of hydrogen-bond acceptors (Lipinski definition) is 6. The number of hydrogen-bond donors (Lipinski definition) is 0. The fourth-order valence-electron chi connectivity index (χ4n) is 4.09. The second-order valence-electron chi connectivity index (χ2n) is 8.74.